The van der Waals surface area contributed by atoms with Crippen LogP contribution >= 0.6 is 23.2 Å². The molecule has 9 heteroatoms. The second kappa shape index (κ2) is 6.51. The van der Waals surface area contributed by atoms with Crippen LogP contribution in [0.3, 0.4) is 0 Å². The van der Waals surface area contributed by atoms with Gasteiger partial charge in [-0.2, -0.15) is 0 Å². The Morgan fingerprint density at radius 1 is 1.17 bits per heavy atom. The van der Waals surface area contributed by atoms with E-state index in [1.165, 1.54) is 6.33 Å². The zero-order valence-corrected chi connectivity index (χ0v) is 14.3. The molecule has 1 fully saturated rings. The van der Waals surface area contributed by atoms with E-state index in [1.54, 1.807) is 24.3 Å². The predicted molar refractivity (Wildman–Crippen MR) is 92.5 cm³/mol. The van der Waals surface area contributed by atoms with E-state index < -0.39 is 9.84 Å². The van der Waals surface area contributed by atoms with Crippen molar-refractivity contribution in [1.82, 2.24) is 9.97 Å². The van der Waals surface area contributed by atoms with E-state index >= 15 is 0 Å². The number of benzene rings is 1. The van der Waals surface area contributed by atoms with E-state index in [1.807, 2.05) is 0 Å². The van der Waals surface area contributed by atoms with E-state index in [4.69, 9.17) is 23.2 Å². The highest BCUT2D eigenvalue weighted by atomic mass is 35.5. The molecule has 1 aliphatic heterocycles. The fourth-order valence-corrected chi connectivity index (χ4v) is 4.38. The molecule has 2 aromatic rings. The van der Waals surface area contributed by atoms with Crippen molar-refractivity contribution in [3.05, 3.63) is 40.6 Å². The van der Waals surface area contributed by atoms with Gasteiger partial charge in [0.2, 0.25) is 0 Å². The van der Waals surface area contributed by atoms with Gasteiger partial charge in [0, 0.05) is 12.1 Å². The van der Waals surface area contributed by atoms with E-state index in [0.29, 0.717) is 33.8 Å². The first-order chi connectivity index (χ1) is 10.9. The first-order valence-corrected chi connectivity index (χ1v) is 9.51. The molecule has 0 amide bonds. The van der Waals surface area contributed by atoms with E-state index in [-0.39, 0.29) is 17.5 Å². The highest BCUT2D eigenvalue weighted by Crippen LogP contribution is 2.31. The minimum absolute atomic E-state index is 0.125. The van der Waals surface area contributed by atoms with Gasteiger partial charge >= 0.3 is 0 Å². The molecular formula is C14H14Cl2N4O2S. The summed E-state index contributed by atoms with van der Waals surface area (Å²) in [5.41, 5.74) is 0.632. The summed E-state index contributed by atoms with van der Waals surface area (Å²) in [6, 6.07) is 6.83. The van der Waals surface area contributed by atoms with Crippen LogP contribution in [0.15, 0.2) is 30.6 Å². The quantitative estimate of drug-likeness (QED) is 0.857. The first-order valence-electron chi connectivity index (χ1n) is 6.93. The summed E-state index contributed by atoms with van der Waals surface area (Å²) in [6.45, 7) is 0. The third-order valence-corrected chi connectivity index (χ3v) is 6.05. The number of hydrogen-bond donors (Lipinski definition) is 2. The molecule has 6 nitrogen and oxygen atoms in total. The lowest BCUT2D eigenvalue weighted by atomic mass is 10.2. The van der Waals surface area contributed by atoms with Gasteiger partial charge in [0.1, 0.15) is 18.0 Å². The summed E-state index contributed by atoms with van der Waals surface area (Å²) >= 11 is 12.1. The highest BCUT2D eigenvalue weighted by molar-refractivity contribution is 7.91. The molecule has 2 N–H and O–H groups in total. The average Bonchev–Trinajstić information content (AvgIpc) is 2.83. The standard InChI is InChI=1S/C14H14Cl2N4O2S/c15-10-2-1-3-11(14(10)16)20-13-6-12(17-8-18-13)19-9-4-5-23(21,22)7-9/h1-3,6,8-9H,4-5,7H2,(H2,17,18,19,20). The molecule has 1 aliphatic rings. The Hall–Kier alpha value is -1.57. The number of nitrogens with one attached hydrogen (secondary N) is 2. The van der Waals surface area contributed by atoms with Gasteiger partial charge in [0.25, 0.3) is 0 Å². The summed E-state index contributed by atoms with van der Waals surface area (Å²) in [5, 5.41) is 7.04. The van der Waals surface area contributed by atoms with Crippen LogP contribution in [0.2, 0.25) is 10.0 Å². The normalized spacial score (nSPS) is 19.5. The third kappa shape index (κ3) is 4.04. The summed E-state index contributed by atoms with van der Waals surface area (Å²) in [5.74, 6) is 1.43. The van der Waals surface area contributed by atoms with Crippen LogP contribution in [0.25, 0.3) is 0 Å². The zero-order valence-electron chi connectivity index (χ0n) is 12.0. The first kappa shape index (κ1) is 16.3. The number of nitrogens with zero attached hydrogens (tertiary/aromatic N) is 2. The summed E-state index contributed by atoms with van der Waals surface area (Å²) in [4.78, 5) is 8.24. The highest BCUT2D eigenvalue weighted by Gasteiger charge is 2.27. The second-order valence-electron chi connectivity index (χ2n) is 5.26. The van der Waals surface area contributed by atoms with Crippen molar-refractivity contribution in [2.45, 2.75) is 12.5 Å². The predicted octanol–water partition coefficient (Wildman–Crippen LogP) is 3.13. The molecule has 0 radical (unpaired) electrons. The summed E-state index contributed by atoms with van der Waals surface area (Å²) in [7, 11) is -2.94. The third-order valence-electron chi connectivity index (χ3n) is 3.47. The second-order valence-corrected chi connectivity index (χ2v) is 8.27. The van der Waals surface area contributed by atoms with Crippen LogP contribution in [-0.4, -0.2) is 35.9 Å². The zero-order chi connectivity index (χ0) is 16.4. The molecule has 3 rings (SSSR count). The van der Waals surface area contributed by atoms with Crippen molar-refractivity contribution in [1.29, 1.82) is 0 Å². The van der Waals surface area contributed by atoms with Gasteiger partial charge in [-0.05, 0) is 18.6 Å². The summed E-state index contributed by atoms with van der Waals surface area (Å²) in [6.07, 6.45) is 1.97. The molecular weight excluding hydrogens is 359 g/mol. The monoisotopic (exact) mass is 372 g/mol. The number of anilines is 3. The number of rotatable bonds is 4. The van der Waals surface area contributed by atoms with E-state index in [0.717, 1.165) is 0 Å². The molecule has 0 bridgehead atoms. The van der Waals surface area contributed by atoms with E-state index in [9.17, 15) is 8.42 Å². The minimum atomic E-state index is -2.94. The molecule has 1 aromatic heterocycles. The molecule has 1 unspecified atom stereocenters. The van der Waals surface area contributed by atoms with Crippen molar-refractivity contribution in [2.75, 3.05) is 22.1 Å². The van der Waals surface area contributed by atoms with Crippen LogP contribution in [0.5, 0.6) is 0 Å². The van der Waals surface area contributed by atoms with Crippen molar-refractivity contribution in [2.24, 2.45) is 0 Å². The van der Waals surface area contributed by atoms with Gasteiger partial charge in [-0.25, -0.2) is 18.4 Å². The average molecular weight is 373 g/mol. The number of halogens is 2. The topological polar surface area (TPSA) is 84.0 Å². The Labute approximate surface area is 144 Å². The Balaban J connectivity index is 1.74. The fourth-order valence-electron chi connectivity index (χ4n) is 2.36. The molecule has 23 heavy (non-hydrogen) atoms. The molecule has 122 valence electrons. The van der Waals surface area contributed by atoms with Gasteiger partial charge in [0.05, 0.1) is 27.2 Å². The number of aromatic nitrogens is 2. The lowest BCUT2D eigenvalue weighted by Gasteiger charge is -2.13. The Bertz CT molecular complexity index is 829. The summed E-state index contributed by atoms with van der Waals surface area (Å²) < 4.78 is 23.0. The van der Waals surface area contributed by atoms with E-state index in [2.05, 4.69) is 20.6 Å². The maximum absolute atomic E-state index is 11.5. The maximum Gasteiger partial charge on any atom is 0.152 e. The number of hydrogen-bond acceptors (Lipinski definition) is 6. The smallest absolute Gasteiger partial charge is 0.152 e. The lowest BCUT2D eigenvalue weighted by molar-refractivity contribution is 0.602. The maximum atomic E-state index is 11.5. The van der Waals surface area contributed by atoms with Crippen LogP contribution in [0.1, 0.15) is 6.42 Å². The van der Waals surface area contributed by atoms with Gasteiger partial charge in [-0.15, -0.1) is 0 Å². The van der Waals surface area contributed by atoms with Crippen molar-refractivity contribution < 1.29 is 8.42 Å². The van der Waals surface area contributed by atoms with Gasteiger partial charge in [0.15, 0.2) is 9.84 Å². The minimum Gasteiger partial charge on any atom is -0.366 e. The van der Waals surface area contributed by atoms with Gasteiger partial charge < -0.3 is 10.6 Å². The van der Waals surface area contributed by atoms with Crippen LogP contribution in [0.4, 0.5) is 17.3 Å². The van der Waals surface area contributed by atoms with Crippen molar-refractivity contribution >= 4 is 50.4 Å². The van der Waals surface area contributed by atoms with Crippen LogP contribution in [-0.2, 0) is 9.84 Å². The van der Waals surface area contributed by atoms with Gasteiger partial charge in [-0.3, -0.25) is 0 Å². The van der Waals surface area contributed by atoms with Crippen molar-refractivity contribution in [3.63, 3.8) is 0 Å². The Kier molecular flexibility index (Phi) is 4.61. The lowest BCUT2D eigenvalue weighted by Crippen LogP contribution is -2.21. The van der Waals surface area contributed by atoms with Crippen LogP contribution < -0.4 is 10.6 Å². The molecule has 2 heterocycles. The molecule has 1 saturated heterocycles. The number of sulfone groups is 1. The molecule has 1 atom stereocenters. The molecule has 0 aliphatic carbocycles. The molecule has 1 aromatic carbocycles. The Morgan fingerprint density at radius 3 is 2.70 bits per heavy atom. The SMILES string of the molecule is O=S1(=O)CCC(Nc2cc(Nc3cccc(Cl)c3Cl)ncn2)C1. The van der Waals surface area contributed by atoms with Gasteiger partial charge in [-0.1, -0.05) is 29.3 Å². The molecule has 0 spiro atoms. The van der Waals surface area contributed by atoms with Crippen molar-refractivity contribution in [3.8, 4) is 0 Å². The fraction of sp³-hybridized carbons (Fsp3) is 0.286. The largest absolute Gasteiger partial charge is 0.366 e. The Morgan fingerprint density at radius 2 is 1.96 bits per heavy atom. The molecule has 0 saturated carbocycles. The van der Waals surface area contributed by atoms with Crippen LogP contribution in [0, 0.1) is 0 Å².